The number of hydrogen-bond acceptors (Lipinski definition) is 4. The molecule has 0 aliphatic heterocycles. The summed E-state index contributed by atoms with van der Waals surface area (Å²) in [4.78, 5) is 35.5. The Morgan fingerprint density at radius 2 is 1.56 bits per heavy atom. The van der Waals surface area contributed by atoms with Gasteiger partial charge in [-0.25, -0.2) is 4.79 Å². The number of rotatable bonds is 6. The van der Waals surface area contributed by atoms with Gasteiger partial charge in [-0.2, -0.15) is 0 Å². The predicted octanol–water partition coefficient (Wildman–Crippen LogP) is 2.21. The summed E-state index contributed by atoms with van der Waals surface area (Å²) in [6, 6.07) is 13.2. The van der Waals surface area contributed by atoms with Crippen molar-refractivity contribution in [2.75, 3.05) is 19.6 Å². The number of hydrogen-bond donors (Lipinski definition) is 3. The molecule has 0 saturated carbocycles. The highest BCUT2D eigenvalue weighted by molar-refractivity contribution is 6.07. The van der Waals surface area contributed by atoms with Crippen LogP contribution in [0.3, 0.4) is 0 Å². The Balaban J connectivity index is 1.72. The van der Waals surface area contributed by atoms with Crippen molar-refractivity contribution in [3.8, 4) is 0 Å². The first-order chi connectivity index (χ1) is 12.8. The number of ether oxygens (including phenoxy) is 1. The Bertz CT molecular complexity index is 822. The zero-order chi connectivity index (χ0) is 19.9. The van der Waals surface area contributed by atoms with Crippen molar-refractivity contribution in [2.45, 2.75) is 26.4 Å². The molecule has 7 nitrogen and oxygen atoms in total. The Labute approximate surface area is 158 Å². The lowest BCUT2D eigenvalue weighted by atomic mass is 10.0. The minimum Gasteiger partial charge on any atom is -0.444 e. The molecule has 2 rings (SSSR count). The van der Waals surface area contributed by atoms with E-state index in [1.807, 2.05) is 36.4 Å². The van der Waals surface area contributed by atoms with Crippen molar-refractivity contribution in [3.05, 3.63) is 48.0 Å². The molecule has 27 heavy (non-hydrogen) atoms. The van der Waals surface area contributed by atoms with E-state index in [9.17, 15) is 14.4 Å². The smallest absolute Gasteiger partial charge is 0.408 e. The maximum Gasteiger partial charge on any atom is 0.408 e. The van der Waals surface area contributed by atoms with E-state index in [0.29, 0.717) is 5.56 Å². The summed E-state index contributed by atoms with van der Waals surface area (Å²) in [5.41, 5.74) is -0.0297. The van der Waals surface area contributed by atoms with Crippen LogP contribution in [0.4, 0.5) is 4.79 Å². The second-order valence-electron chi connectivity index (χ2n) is 6.99. The summed E-state index contributed by atoms with van der Waals surface area (Å²) < 4.78 is 5.04. The Morgan fingerprint density at radius 3 is 2.30 bits per heavy atom. The normalized spacial score (nSPS) is 10.9. The van der Waals surface area contributed by atoms with Gasteiger partial charge in [0.2, 0.25) is 5.91 Å². The lowest BCUT2D eigenvalue weighted by molar-refractivity contribution is -0.120. The van der Waals surface area contributed by atoms with Crippen molar-refractivity contribution in [1.29, 1.82) is 0 Å². The molecular formula is C20H25N3O4. The van der Waals surface area contributed by atoms with Gasteiger partial charge in [0.25, 0.3) is 5.91 Å². The summed E-state index contributed by atoms with van der Waals surface area (Å²) in [6.45, 7) is 5.57. The molecule has 0 unspecified atom stereocenters. The lowest BCUT2D eigenvalue weighted by Gasteiger charge is -2.19. The number of nitrogens with one attached hydrogen (secondary N) is 3. The minimum atomic E-state index is -0.651. The SMILES string of the molecule is CC(C)(C)OC(=O)NCC(=O)NCCNC(=O)c1cccc2ccccc12. The molecule has 144 valence electrons. The van der Waals surface area contributed by atoms with Gasteiger partial charge in [-0.15, -0.1) is 0 Å². The molecule has 0 aliphatic rings. The van der Waals surface area contributed by atoms with Crippen molar-refractivity contribution in [3.63, 3.8) is 0 Å². The highest BCUT2D eigenvalue weighted by Gasteiger charge is 2.16. The van der Waals surface area contributed by atoms with E-state index in [2.05, 4.69) is 16.0 Å². The Morgan fingerprint density at radius 1 is 0.889 bits per heavy atom. The maximum absolute atomic E-state index is 12.4. The molecule has 0 heterocycles. The fourth-order valence-electron chi connectivity index (χ4n) is 2.43. The molecule has 0 spiro atoms. The molecule has 3 N–H and O–H groups in total. The van der Waals surface area contributed by atoms with Crippen LogP contribution in [0.15, 0.2) is 42.5 Å². The van der Waals surface area contributed by atoms with Crippen molar-refractivity contribution >= 4 is 28.7 Å². The van der Waals surface area contributed by atoms with E-state index in [1.165, 1.54) is 0 Å². The Hall–Kier alpha value is -3.09. The lowest BCUT2D eigenvalue weighted by Crippen LogP contribution is -2.42. The van der Waals surface area contributed by atoms with Gasteiger partial charge >= 0.3 is 6.09 Å². The number of fused-ring (bicyclic) bond motifs is 1. The van der Waals surface area contributed by atoms with Crippen LogP contribution in [0.2, 0.25) is 0 Å². The van der Waals surface area contributed by atoms with Crippen molar-refractivity contribution in [1.82, 2.24) is 16.0 Å². The molecule has 2 aromatic carbocycles. The molecule has 0 atom stereocenters. The highest BCUT2D eigenvalue weighted by atomic mass is 16.6. The number of carbonyl (C=O) groups excluding carboxylic acids is 3. The summed E-state index contributed by atoms with van der Waals surface area (Å²) >= 11 is 0. The largest absolute Gasteiger partial charge is 0.444 e. The third-order valence-corrected chi connectivity index (χ3v) is 3.56. The second kappa shape index (κ2) is 9.02. The molecule has 0 saturated heterocycles. The van der Waals surface area contributed by atoms with Gasteiger partial charge in [0.1, 0.15) is 5.60 Å². The summed E-state index contributed by atoms with van der Waals surface area (Å²) in [5, 5.41) is 9.64. The molecule has 0 aliphatic carbocycles. The quantitative estimate of drug-likeness (QED) is 0.678. The predicted molar refractivity (Wildman–Crippen MR) is 104 cm³/mol. The highest BCUT2D eigenvalue weighted by Crippen LogP contribution is 2.18. The number of amides is 3. The van der Waals surface area contributed by atoms with Crippen LogP contribution in [-0.4, -0.2) is 43.1 Å². The average molecular weight is 371 g/mol. The molecule has 0 fully saturated rings. The van der Waals surface area contributed by atoms with E-state index < -0.39 is 11.7 Å². The molecule has 2 aromatic rings. The first kappa shape index (κ1) is 20.2. The third-order valence-electron chi connectivity index (χ3n) is 3.56. The van der Waals surface area contributed by atoms with E-state index in [0.717, 1.165) is 10.8 Å². The van der Waals surface area contributed by atoms with Crippen molar-refractivity contribution < 1.29 is 19.1 Å². The van der Waals surface area contributed by atoms with E-state index in [1.54, 1.807) is 26.8 Å². The van der Waals surface area contributed by atoms with Gasteiger partial charge in [-0.1, -0.05) is 36.4 Å². The zero-order valence-corrected chi connectivity index (χ0v) is 15.8. The average Bonchev–Trinajstić information content (AvgIpc) is 2.61. The molecule has 0 aromatic heterocycles. The molecule has 0 bridgehead atoms. The first-order valence-electron chi connectivity index (χ1n) is 8.76. The van der Waals surface area contributed by atoms with Crippen LogP contribution in [0.5, 0.6) is 0 Å². The molecular weight excluding hydrogens is 346 g/mol. The van der Waals surface area contributed by atoms with E-state index in [-0.39, 0.29) is 31.4 Å². The first-order valence-corrected chi connectivity index (χ1v) is 8.76. The van der Waals surface area contributed by atoms with Crippen molar-refractivity contribution in [2.24, 2.45) is 0 Å². The Kier molecular flexibility index (Phi) is 6.76. The van der Waals surface area contributed by atoms with Gasteiger partial charge in [-0.3, -0.25) is 9.59 Å². The van der Waals surface area contributed by atoms with Gasteiger partial charge in [0.15, 0.2) is 0 Å². The van der Waals surface area contributed by atoms with Crippen LogP contribution >= 0.6 is 0 Å². The standard InChI is InChI=1S/C20H25N3O4/c1-20(2,3)27-19(26)23-13-17(24)21-11-12-22-18(25)16-10-6-8-14-7-4-5-9-15(14)16/h4-10H,11-13H2,1-3H3,(H,21,24)(H,22,25)(H,23,26). The number of carbonyl (C=O) groups is 3. The minimum absolute atomic E-state index is 0.188. The topological polar surface area (TPSA) is 96.5 Å². The summed E-state index contributed by atoms with van der Waals surface area (Å²) in [7, 11) is 0. The van der Waals surface area contributed by atoms with Gasteiger partial charge in [0, 0.05) is 18.7 Å². The fourth-order valence-corrected chi connectivity index (χ4v) is 2.43. The molecule has 7 heteroatoms. The third kappa shape index (κ3) is 6.62. The van der Waals surface area contributed by atoms with E-state index >= 15 is 0 Å². The van der Waals surface area contributed by atoms with Gasteiger partial charge < -0.3 is 20.7 Å². The van der Waals surface area contributed by atoms with Crippen LogP contribution in [-0.2, 0) is 9.53 Å². The number of benzene rings is 2. The molecule has 0 radical (unpaired) electrons. The maximum atomic E-state index is 12.4. The number of alkyl carbamates (subject to hydrolysis) is 1. The second-order valence-corrected chi connectivity index (χ2v) is 6.99. The fraction of sp³-hybridized carbons (Fsp3) is 0.350. The van der Waals surface area contributed by atoms with Crippen LogP contribution in [0.25, 0.3) is 10.8 Å². The van der Waals surface area contributed by atoms with E-state index in [4.69, 9.17) is 4.74 Å². The van der Waals surface area contributed by atoms with Crippen LogP contribution in [0, 0.1) is 0 Å². The van der Waals surface area contributed by atoms with Gasteiger partial charge in [-0.05, 0) is 37.6 Å². The summed E-state index contributed by atoms with van der Waals surface area (Å²) in [6.07, 6.45) is -0.651. The molecule has 3 amide bonds. The van der Waals surface area contributed by atoms with Crippen LogP contribution < -0.4 is 16.0 Å². The van der Waals surface area contributed by atoms with Gasteiger partial charge in [0.05, 0.1) is 6.54 Å². The monoisotopic (exact) mass is 371 g/mol. The zero-order valence-electron chi connectivity index (χ0n) is 15.8. The summed E-state index contributed by atoms with van der Waals surface area (Å²) in [5.74, 6) is -0.562. The van der Waals surface area contributed by atoms with Crippen LogP contribution in [0.1, 0.15) is 31.1 Å².